The number of hydrogen-bond acceptors (Lipinski definition) is 5. The Labute approximate surface area is 164 Å². The Bertz CT molecular complexity index is 756. The minimum Gasteiger partial charge on any atom is -0.497 e. The highest BCUT2D eigenvalue weighted by molar-refractivity contribution is 6.10. The van der Waals surface area contributed by atoms with Gasteiger partial charge >= 0.3 is 6.03 Å². The first-order valence-corrected chi connectivity index (χ1v) is 9.65. The van der Waals surface area contributed by atoms with Crippen LogP contribution in [0.4, 0.5) is 10.5 Å². The van der Waals surface area contributed by atoms with Gasteiger partial charge in [-0.15, -0.1) is 0 Å². The molecule has 8 nitrogen and oxygen atoms in total. The molecule has 1 aliphatic carbocycles. The zero-order valence-electron chi connectivity index (χ0n) is 16.4. The summed E-state index contributed by atoms with van der Waals surface area (Å²) in [6.07, 6.45) is 6.31. The number of methoxy groups -OCH3 is 2. The number of ether oxygens (including phenoxy) is 2. The molecular weight excluding hydrogens is 362 g/mol. The highest BCUT2D eigenvalue weighted by Gasteiger charge is 2.50. The van der Waals surface area contributed by atoms with Crippen molar-refractivity contribution < 1.29 is 23.9 Å². The summed E-state index contributed by atoms with van der Waals surface area (Å²) in [5.74, 6) is 0.243. The smallest absolute Gasteiger partial charge is 0.325 e. The van der Waals surface area contributed by atoms with Crippen molar-refractivity contribution in [3.8, 4) is 11.5 Å². The second-order valence-corrected chi connectivity index (χ2v) is 7.29. The molecule has 1 saturated heterocycles. The molecule has 2 fully saturated rings. The summed E-state index contributed by atoms with van der Waals surface area (Å²) in [4.78, 5) is 39.0. The van der Waals surface area contributed by atoms with Crippen LogP contribution >= 0.6 is 0 Å². The van der Waals surface area contributed by atoms with E-state index >= 15 is 0 Å². The lowest BCUT2D eigenvalue weighted by Crippen LogP contribution is -2.47. The van der Waals surface area contributed by atoms with Crippen LogP contribution in [0.15, 0.2) is 18.2 Å². The lowest BCUT2D eigenvalue weighted by molar-refractivity contribution is -0.134. The van der Waals surface area contributed by atoms with Crippen molar-refractivity contribution in [3.63, 3.8) is 0 Å². The zero-order valence-corrected chi connectivity index (χ0v) is 16.4. The minimum atomic E-state index is -0.856. The normalized spacial score (nSPS) is 19.0. The van der Waals surface area contributed by atoms with Gasteiger partial charge in [0.25, 0.3) is 5.91 Å². The Balaban J connectivity index is 1.70. The number of urea groups is 1. The van der Waals surface area contributed by atoms with Crippen molar-refractivity contribution in [2.75, 3.05) is 26.1 Å². The maximum Gasteiger partial charge on any atom is 0.325 e. The van der Waals surface area contributed by atoms with Gasteiger partial charge in [-0.2, -0.15) is 0 Å². The topological polar surface area (TPSA) is 97.0 Å². The number of anilines is 1. The van der Waals surface area contributed by atoms with Crippen molar-refractivity contribution in [1.82, 2.24) is 10.2 Å². The molecule has 28 heavy (non-hydrogen) atoms. The number of amides is 4. The molecule has 8 heteroatoms. The van der Waals surface area contributed by atoms with E-state index in [0.29, 0.717) is 30.0 Å². The predicted molar refractivity (Wildman–Crippen MR) is 103 cm³/mol. The quantitative estimate of drug-likeness (QED) is 0.755. The van der Waals surface area contributed by atoms with Gasteiger partial charge < -0.3 is 20.1 Å². The molecule has 1 aromatic carbocycles. The van der Waals surface area contributed by atoms with E-state index in [4.69, 9.17) is 9.47 Å². The van der Waals surface area contributed by atoms with Gasteiger partial charge in [-0.3, -0.25) is 14.5 Å². The molecule has 2 N–H and O–H groups in total. The van der Waals surface area contributed by atoms with E-state index in [1.54, 1.807) is 18.2 Å². The van der Waals surface area contributed by atoms with Gasteiger partial charge in [0.1, 0.15) is 23.6 Å². The summed E-state index contributed by atoms with van der Waals surface area (Å²) in [6, 6.07) is 4.51. The van der Waals surface area contributed by atoms with Crippen LogP contribution < -0.4 is 20.1 Å². The van der Waals surface area contributed by atoms with E-state index < -0.39 is 17.5 Å². The van der Waals surface area contributed by atoms with Gasteiger partial charge in [0, 0.05) is 6.07 Å². The highest BCUT2D eigenvalue weighted by atomic mass is 16.5. The van der Waals surface area contributed by atoms with Crippen molar-refractivity contribution >= 4 is 23.5 Å². The number of carbonyl (C=O) groups excluding carboxylic acids is 3. The second kappa shape index (κ2) is 8.50. The lowest BCUT2D eigenvalue weighted by Gasteiger charge is -2.28. The Hall–Kier alpha value is -2.77. The maximum absolute atomic E-state index is 13.0. The Kier molecular flexibility index (Phi) is 6.06. The fourth-order valence-electron chi connectivity index (χ4n) is 3.91. The molecular formula is C20H27N3O5. The van der Waals surface area contributed by atoms with Crippen LogP contribution in [0.5, 0.6) is 11.5 Å². The summed E-state index contributed by atoms with van der Waals surface area (Å²) >= 11 is 0. The van der Waals surface area contributed by atoms with E-state index in [-0.39, 0.29) is 12.5 Å². The Morgan fingerprint density at radius 2 is 1.79 bits per heavy atom. The van der Waals surface area contributed by atoms with Crippen molar-refractivity contribution in [2.45, 2.75) is 50.5 Å². The molecule has 1 aliphatic heterocycles. The second-order valence-electron chi connectivity index (χ2n) is 7.29. The van der Waals surface area contributed by atoms with Gasteiger partial charge in [-0.1, -0.05) is 32.1 Å². The number of benzene rings is 1. The van der Waals surface area contributed by atoms with Crippen LogP contribution in [-0.2, 0) is 9.59 Å². The first-order chi connectivity index (χ1) is 13.5. The van der Waals surface area contributed by atoms with Gasteiger partial charge in [-0.25, -0.2) is 4.79 Å². The first-order valence-electron chi connectivity index (χ1n) is 9.65. The third-order valence-corrected chi connectivity index (χ3v) is 5.44. The van der Waals surface area contributed by atoms with E-state index in [1.807, 2.05) is 0 Å². The average Bonchev–Trinajstić information content (AvgIpc) is 2.89. The van der Waals surface area contributed by atoms with Gasteiger partial charge in [0.2, 0.25) is 5.91 Å². The largest absolute Gasteiger partial charge is 0.497 e. The Morgan fingerprint density at radius 1 is 1.11 bits per heavy atom. The van der Waals surface area contributed by atoms with E-state index in [0.717, 1.165) is 37.0 Å². The molecule has 0 unspecified atom stereocenters. The van der Waals surface area contributed by atoms with Crippen molar-refractivity contribution in [3.05, 3.63) is 18.2 Å². The van der Waals surface area contributed by atoms with Crippen LogP contribution in [0.25, 0.3) is 0 Å². The number of nitrogens with zero attached hydrogens (tertiary/aromatic N) is 1. The zero-order chi connectivity index (χ0) is 20.1. The van der Waals surface area contributed by atoms with Crippen LogP contribution in [0.2, 0.25) is 0 Å². The van der Waals surface area contributed by atoms with Gasteiger partial charge in [0.05, 0.1) is 19.9 Å². The molecule has 0 bridgehead atoms. The maximum atomic E-state index is 13.0. The summed E-state index contributed by atoms with van der Waals surface area (Å²) < 4.78 is 10.4. The molecule has 1 aromatic rings. The number of rotatable bonds is 5. The third kappa shape index (κ3) is 4.05. The van der Waals surface area contributed by atoms with Crippen molar-refractivity contribution in [2.24, 2.45) is 0 Å². The minimum absolute atomic E-state index is 0.299. The number of imide groups is 1. The SMILES string of the molecule is COc1ccc(OC)c(NC(=O)CN2C(=O)NC3(CCCCCCC3)C2=O)c1. The number of hydrogen-bond donors (Lipinski definition) is 2. The summed E-state index contributed by atoms with van der Waals surface area (Å²) in [5.41, 5.74) is -0.439. The molecule has 0 radical (unpaired) electrons. The number of carbonyl (C=O) groups is 3. The van der Waals surface area contributed by atoms with Crippen LogP contribution in [0.1, 0.15) is 44.9 Å². The molecule has 4 amide bonds. The molecule has 2 aliphatic rings. The van der Waals surface area contributed by atoms with Crippen LogP contribution in [-0.4, -0.2) is 49.0 Å². The summed E-state index contributed by atoms with van der Waals surface area (Å²) in [6.45, 7) is -0.340. The fourth-order valence-corrected chi connectivity index (χ4v) is 3.91. The molecule has 0 atom stereocenters. The lowest BCUT2D eigenvalue weighted by atomic mass is 9.84. The molecule has 1 heterocycles. The van der Waals surface area contributed by atoms with E-state index in [2.05, 4.69) is 10.6 Å². The van der Waals surface area contributed by atoms with Crippen LogP contribution in [0, 0.1) is 0 Å². The number of nitrogens with one attached hydrogen (secondary N) is 2. The van der Waals surface area contributed by atoms with Crippen molar-refractivity contribution in [1.29, 1.82) is 0 Å². The van der Waals surface area contributed by atoms with E-state index in [1.165, 1.54) is 14.2 Å². The van der Waals surface area contributed by atoms with Gasteiger partial charge in [-0.05, 0) is 25.0 Å². The molecule has 1 spiro atoms. The Morgan fingerprint density at radius 3 is 2.43 bits per heavy atom. The molecule has 152 valence electrons. The van der Waals surface area contributed by atoms with E-state index in [9.17, 15) is 14.4 Å². The molecule has 1 saturated carbocycles. The predicted octanol–water partition coefficient (Wildman–Crippen LogP) is 2.68. The molecule has 3 rings (SSSR count). The van der Waals surface area contributed by atoms with Crippen LogP contribution in [0.3, 0.4) is 0 Å². The standard InChI is InChI=1S/C20H27N3O5/c1-27-14-8-9-16(28-2)15(12-14)21-17(24)13-23-18(25)20(22-19(23)26)10-6-4-3-5-7-11-20/h8-9,12H,3-7,10-11,13H2,1-2H3,(H,21,24)(H,22,26). The average molecular weight is 389 g/mol. The fraction of sp³-hybridized carbons (Fsp3) is 0.550. The third-order valence-electron chi connectivity index (χ3n) is 5.44. The summed E-state index contributed by atoms with van der Waals surface area (Å²) in [7, 11) is 3.02. The first kappa shape index (κ1) is 20.0. The molecule has 0 aromatic heterocycles. The monoisotopic (exact) mass is 389 g/mol. The summed E-state index contributed by atoms with van der Waals surface area (Å²) in [5, 5.41) is 5.56. The van der Waals surface area contributed by atoms with Gasteiger partial charge in [0.15, 0.2) is 0 Å². The highest BCUT2D eigenvalue weighted by Crippen LogP contribution is 2.32.